The van der Waals surface area contributed by atoms with Crippen molar-refractivity contribution in [1.82, 2.24) is 10.2 Å². The van der Waals surface area contributed by atoms with E-state index in [9.17, 15) is 0 Å². The van der Waals surface area contributed by atoms with E-state index < -0.39 is 0 Å². The molecule has 5 heteroatoms. The number of nitrogens with one attached hydrogen (secondary N) is 1. The molecule has 1 saturated heterocycles. The van der Waals surface area contributed by atoms with Crippen LogP contribution in [0.5, 0.6) is 0 Å². The Morgan fingerprint density at radius 2 is 2.17 bits per heavy atom. The molecule has 0 radical (unpaired) electrons. The Morgan fingerprint density at radius 1 is 1.44 bits per heavy atom. The summed E-state index contributed by atoms with van der Waals surface area (Å²) < 4.78 is 0.980. The van der Waals surface area contributed by atoms with Gasteiger partial charge in [-0.15, -0.1) is 0 Å². The minimum absolute atomic E-state index is 0.142. The summed E-state index contributed by atoms with van der Waals surface area (Å²) in [6.07, 6.45) is 0.500. The summed E-state index contributed by atoms with van der Waals surface area (Å²) in [5.74, 6) is 0. The van der Waals surface area contributed by atoms with Gasteiger partial charge in [0.1, 0.15) is 0 Å². The average molecular weight is 329 g/mol. The molecule has 18 heavy (non-hydrogen) atoms. The SMILES string of the molecule is N#CC[C@H](c1ccc(Cl)cc1Br)N1CCNCC1. The van der Waals surface area contributed by atoms with Crippen molar-refractivity contribution in [1.29, 1.82) is 5.26 Å². The van der Waals surface area contributed by atoms with E-state index in [0.717, 1.165) is 36.2 Å². The second-order valence-corrected chi connectivity index (χ2v) is 5.62. The molecule has 1 heterocycles. The molecule has 96 valence electrons. The lowest BCUT2D eigenvalue weighted by Gasteiger charge is -2.34. The van der Waals surface area contributed by atoms with Crippen LogP contribution < -0.4 is 5.32 Å². The highest BCUT2D eigenvalue weighted by Gasteiger charge is 2.23. The van der Waals surface area contributed by atoms with Crippen LogP contribution in [0.4, 0.5) is 0 Å². The first-order valence-electron chi connectivity index (χ1n) is 5.99. The molecule has 0 spiro atoms. The largest absolute Gasteiger partial charge is 0.314 e. The van der Waals surface area contributed by atoms with Gasteiger partial charge < -0.3 is 5.32 Å². The first-order chi connectivity index (χ1) is 8.72. The van der Waals surface area contributed by atoms with E-state index in [-0.39, 0.29) is 6.04 Å². The molecule has 0 aliphatic carbocycles. The zero-order valence-corrected chi connectivity index (χ0v) is 12.3. The minimum atomic E-state index is 0.142. The maximum Gasteiger partial charge on any atom is 0.0641 e. The van der Waals surface area contributed by atoms with E-state index in [2.05, 4.69) is 32.2 Å². The Balaban J connectivity index is 2.25. The molecule has 1 aliphatic heterocycles. The number of rotatable bonds is 3. The standard InChI is InChI=1S/C13H15BrClN3/c14-12-9-10(15)1-2-11(12)13(3-4-16)18-7-5-17-6-8-18/h1-2,9,13,17H,3,5-8H2/t13-/m1/s1. The van der Waals surface area contributed by atoms with Gasteiger partial charge in [0.2, 0.25) is 0 Å². The lowest BCUT2D eigenvalue weighted by Crippen LogP contribution is -2.45. The van der Waals surface area contributed by atoms with Crippen molar-refractivity contribution >= 4 is 27.5 Å². The van der Waals surface area contributed by atoms with E-state index in [4.69, 9.17) is 16.9 Å². The smallest absolute Gasteiger partial charge is 0.0641 e. The van der Waals surface area contributed by atoms with Crippen LogP contribution in [0.3, 0.4) is 0 Å². The van der Waals surface area contributed by atoms with Crippen molar-refractivity contribution in [2.45, 2.75) is 12.5 Å². The number of hydrogen-bond donors (Lipinski definition) is 1. The predicted octanol–water partition coefficient (Wildman–Crippen LogP) is 2.96. The summed E-state index contributed by atoms with van der Waals surface area (Å²) in [4.78, 5) is 2.35. The van der Waals surface area contributed by atoms with Gasteiger partial charge in [0.25, 0.3) is 0 Å². The van der Waals surface area contributed by atoms with Crippen molar-refractivity contribution in [3.05, 3.63) is 33.3 Å². The van der Waals surface area contributed by atoms with Gasteiger partial charge in [-0.05, 0) is 17.7 Å². The molecule has 0 unspecified atom stereocenters. The van der Waals surface area contributed by atoms with Crippen molar-refractivity contribution in [3.8, 4) is 6.07 Å². The highest BCUT2D eigenvalue weighted by Crippen LogP contribution is 2.32. The Kier molecular flexibility index (Phi) is 5.02. The summed E-state index contributed by atoms with van der Waals surface area (Å²) in [6, 6.07) is 8.22. The molecule has 1 atom stereocenters. The fourth-order valence-corrected chi connectivity index (χ4v) is 3.23. The minimum Gasteiger partial charge on any atom is -0.314 e. The van der Waals surface area contributed by atoms with Crippen LogP contribution in [0, 0.1) is 11.3 Å². The molecular formula is C13H15BrClN3. The normalized spacial score (nSPS) is 18.3. The van der Waals surface area contributed by atoms with Crippen LogP contribution in [-0.4, -0.2) is 31.1 Å². The third-order valence-electron chi connectivity index (χ3n) is 3.20. The summed E-state index contributed by atoms with van der Waals surface area (Å²) >= 11 is 9.51. The lowest BCUT2D eigenvalue weighted by atomic mass is 10.0. The second-order valence-electron chi connectivity index (χ2n) is 4.33. The summed E-state index contributed by atoms with van der Waals surface area (Å²) in [5.41, 5.74) is 1.14. The molecule has 1 fully saturated rings. The molecule has 1 aliphatic rings. The monoisotopic (exact) mass is 327 g/mol. The van der Waals surface area contributed by atoms with E-state index in [1.165, 1.54) is 0 Å². The quantitative estimate of drug-likeness (QED) is 0.927. The Hall–Kier alpha value is -0.600. The first kappa shape index (κ1) is 13.8. The molecule has 1 aromatic carbocycles. The number of piperazine rings is 1. The van der Waals surface area contributed by atoms with Crippen LogP contribution in [0.1, 0.15) is 18.0 Å². The van der Waals surface area contributed by atoms with Gasteiger partial charge in [0.15, 0.2) is 0 Å². The van der Waals surface area contributed by atoms with Gasteiger partial charge >= 0.3 is 0 Å². The highest BCUT2D eigenvalue weighted by molar-refractivity contribution is 9.10. The molecular weight excluding hydrogens is 314 g/mol. The number of nitrogens with zero attached hydrogens (tertiary/aromatic N) is 2. The van der Waals surface area contributed by atoms with E-state index in [0.29, 0.717) is 11.4 Å². The van der Waals surface area contributed by atoms with Gasteiger partial charge in [0, 0.05) is 41.7 Å². The number of benzene rings is 1. The summed E-state index contributed by atoms with van der Waals surface area (Å²) in [5, 5.41) is 13.1. The zero-order chi connectivity index (χ0) is 13.0. The average Bonchev–Trinajstić information content (AvgIpc) is 2.38. The van der Waals surface area contributed by atoms with Crippen LogP contribution >= 0.6 is 27.5 Å². The van der Waals surface area contributed by atoms with Crippen molar-refractivity contribution in [3.63, 3.8) is 0 Å². The predicted molar refractivity (Wildman–Crippen MR) is 76.6 cm³/mol. The third-order valence-corrected chi connectivity index (χ3v) is 4.12. The number of halogens is 2. The number of nitriles is 1. The molecule has 0 amide bonds. The molecule has 0 aromatic heterocycles. The molecule has 1 aromatic rings. The lowest BCUT2D eigenvalue weighted by molar-refractivity contribution is 0.175. The Labute approximate surface area is 121 Å². The molecule has 1 N–H and O–H groups in total. The molecule has 2 rings (SSSR count). The maximum absolute atomic E-state index is 9.04. The molecule has 3 nitrogen and oxygen atoms in total. The van der Waals surface area contributed by atoms with Gasteiger partial charge in [-0.1, -0.05) is 33.6 Å². The maximum atomic E-state index is 9.04. The van der Waals surface area contributed by atoms with Crippen molar-refractivity contribution < 1.29 is 0 Å². The first-order valence-corrected chi connectivity index (χ1v) is 7.16. The fraction of sp³-hybridized carbons (Fsp3) is 0.462. The van der Waals surface area contributed by atoms with Crippen LogP contribution in [-0.2, 0) is 0 Å². The molecule has 0 bridgehead atoms. The third kappa shape index (κ3) is 3.24. The van der Waals surface area contributed by atoms with E-state index in [1.807, 2.05) is 18.2 Å². The van der Waals surface area contributed by atoms with Crippen molar-refractivity contribution in [2.24, 2.45) is 0 Å². The van der Waals surface area contributed by atoms with Crippen molar-refractivity contribution in [2.75, 3.05) is 26.2 Å². The highest BCUT2D eigenvalue weighted by atomic mass is 79.9. The van der Waals surface area contributed by atoms with Crippen LogP contribution in [0.25, 0.3) is 0 Å². The second kappa shape index (κ2) is 6.53. The number of hydrogen-bond acceptors (Lipinski definition) is 3. The molecule has 0 saturated carbocycles. The van der Waals surface area contributed by atoms with Gasteiger partial charge in [-0.25, -0.2) is 0 Å². The Morgan fingerprint density at radius 3 is 2.78 bits per heavy atom. The topological polar surface area (TPSA) is 39.1 Å². The van der Waals surface area contributed by atoms with Crippen LogP contribution in [0.2, 0.25) is 5.02 Å². The van der Waals surface area contributed by atoms with E-state index in [1.54, 1.807) is 0 Å². The van der Waals surface area contributed by atoms with Gasteiger partial charge in [-0.2, -0.15) is 5.26 Å². The summed E-state index contributed by atoms with van der Waals surface area (Å²) in [6.45, 7) is 3.91. The Bertz CT molecular complexity index is 452. The van der Waals surface area contributed by atoms with Crippen LogP contribution in [0.15, 0.2) is 22.7 Å². The van der Waals surface area contributed by atoms with Gasteiger partial charge in [0.05, 0.1) is 12.5 Å². The fourth-order valence-electron chi connectivity index (χ4n) is 2.29. The van der Waals surface area contributed by atoms with E-state index >= 15 is 0 Å². The summed E-state index contributed by atoms with van der Waals surface area (Å²) in [7, 11) is 0. The zero-order valence-electron chi connectivity index (χ0n) is 10.00. The van der Waals surface area contributed by atoms with Gasteiger partial charge in [-0.3, -0.25) is 4.90 Å².